The first-order valence-corrected chi connectivity index (χ1v) is 6.59. The van der Waals surface area contributed by atoms with Crippen LogP contribution in [0.4, 0.5) is 0 Å². The molecule has 3 unspecified atom stereocenters. The van der Waals surface area contributed by atoms with Gasteiger partial charge < -0.3 is 10.8 Å². The lowest BCUT2D eigenvalue weighted by molar-refractivity contribution is 0.0709. The molecule has 3 atom stereocenters. The molecule has 0 rings (SSSR count). The van der Waals surface area contributed by atoms with Crippen molar-refractivity contribution >= 4 is 0 Å². The van der Waals surface area contributed by atoms with E-state index in [0.717, 1.165) is 19.4 Å². The molecule has 0 aliphatic carbocycles. The number of rotatable bonds is 8. The molecule has 0 aromatic carbocycles. The van der Waals surface area contributed by atoms with Crippen LogP contribution in [0.15, 0.2) is 0 Å². The summed E-state index contributed by atoms with van der Waals surface area (Å²) in [5.41, 5.74) is 6.20. The smallest absolute Gasteiger partial charge is 0.0602 e. The number of nitrogens with two attached hydrogens (primary N) is 1. The van der Waals surface area contributed by atoms with E-state index in [-0.39, 0.29) is 18.7 Å². The van der Waals surface area contributed by atoms with Crippen LogP contribution in [0.25, 0.3) is 0 Å². The fourth-order valence-corrected chi connectivity index (χ4v) is 2.30. The zero-order chi connectivity index (χ0) is 12.7. The van der Waals surface area contributed by atoms with Crippen molar-refractivity contribution in [2.24, 2.45) is 11.7 Å². The summed E-state index contributed by atoms with van der Waals surface area (Å²) in [6.45, 7) is 12.0. The van der Waals surface area contributed by atoms with Gasteiger partial charge in [0, 0.05) is 18.1 Å². The molecule has 0 saturated carbocycles. The molecule has 0 aliphatic rings. The minimum absolute atomic E-state index is 0.0685. The molecule has 0 aromatic rings. The average molecular weight is 230 g/mol. The van der Waals surface area contributed by atoms with Crippen molar-refractivity contribution in [1.82, 2.24) is 4.90 Å². The predicted octanol–water partition coefficient (Wildman–Crippen LogP) is 1.84. The van der Waals surface area contributed by atoms with Crippen molar-refractivity contribution in [2.45, 2.75) is 65.6 Å². The van der Waals surface area contributed by atoms with Gasteiger partial charge in [-0.2, -0.15) is 0 Å². The van der Waals surface area contributed by atoms with E-state index < -0.39 is 0 Å². The van der Waals surface area contributed by atoms with Crippen LogP contribution in [-0.2, 0) is 0 Å². The predicted molar refractivity (Wildman–Crippen MR) is 70.4 cm³/mol. The Balaban J connectivity index is 4.53. The molecular weight excluding hydrogens is 200 g/mol. The Kier molecular flexibility index (Phi) is 7.98. The first kappa shape index (κ1) is 15.9. The van der Waals surface area contributed by atoms with E-state index in [1.807, 2.05) is 0 Å². The molecule has 0 fully saturated rings. The van der Waals surface area contributed by atoms with Crippen LogP contribution in [0.1, 0.15) is 47.5 Å². The maximum Gasteiger partial charge on any atom is 0.0602 e. The zero-order valence-corrected chi connectivity index (χ0v) is 11.6. The van der Waals surface area contributed by atoms with Crippen molar-refractivity contribution in [2.75, 3.05) is 13.2 Å². The van der Waals surface area contributed by atoms with Crippen LogP contribution in [0.3, 0.4) is 0 Å². The van der Waals surface area contributed by atoms with Gasteiger partial charge in [0.15, 0.2) is 0 Å². The number of hydrogen-bond donors (Lipinski definition) is 2. The summed E-state index contributed by atoms with van der Waals surface area (Å²) in [5.74, 6) is 0.583. The van der Waals surface area contributed by atoms with E-state index in [1.54, 1.807) is 0 Å². The van der Waals surface area contributed by atoms with Crippen molar-refractivity contribution in [3.8, 4) is 0 Å². The van der Waals surface area contributed by atoms with Crippen LogP contribution in [0.2, 0.25) is 0 Å². The average Bonchev–Trinajstić information content (AvgIpc) is 2.23. The second kappa shape index (κ2) is 8.04. The second-order valence-corrected chi connectivity index (χ2v) is 5.13. The molecule has 0 saturated heterocycles. The zero-order valence-electron chi connectivity index (χ0n) is 11.6. The Morgan fingerprint density at radius 3 is 2.06 bits per heavy atom. The summed E-state index contributed by atoms with van der Waals surface area (Å²) < 4.78 is 0. The SMILES string of the molecule is CCC(C)N(CC)C(CO)C(N)CC(C)C. The van der Waals surface area contributed by atoms with Crippen molar-refractivity contribution in [3.63, 3.8) is 0 Å². The Hall–Kier alpha value is -0.120. The molecule has 3 N–H and O–H groups in total. The second-order valence-electron chi connectivity index (χ2n) is 5.13. The first-order chi connectivity index (χ1) is 7.47. The van der Waals surface area contributed by atoms with Crippen LogP contribution in [0, 0.1) is 5.92 Å². The van der Waals surface area contributed by atoms with E-state index in [1.165, 1.54) is 0 Å². The van der Waals surface area contributed by atoms with E-state index in [9.17, 15) is 5.11 Å². The third-order valence-electron chi connectivity index (χ3n) is 3.37. The molecule has 3 nitrogen and oxygen atoms in total. The molecule has 3 heteroatoms. The molecule has 0 aliphatic heterocycles. The maximum absolute atomic E-state index is 9.53. The third kappa shape index (κ3) is 4.81. The van der Waals surface area contributed by atoms with Crippen LogP contribution >= 0.6 is 0 Å². The highest BCUT2D eigenvalue weighted by molar-refractivity contribution is 4.84. The summed E-state index contributed by atoms with van der Waals surface area (Å²) in [6.07, 6.45) is 2.07. The van der Waals surface area contributed by atoms with Crippen LogP contribution in [-0.4, -0.2) is 41.3 Å². The highest BCUT2D eigenvalue weighted by Gasteiger charge is 2.26. The van der Waals surface area contributed by atoms with Crippen molar-refractivity contribution < 1.29 is 5.11 Å². The number of nitrogens with zero attached hydrogens (tertiary/aromatic N) is 1. The molecule has 0 radical (unpaired) electrons. The van der Waals surface area contributed by atoms with E-state index in [2.05, 4.69) is 39.5 Å². The Bertz CT molecular complexity index is 173. The Morgan fingerprint density at radius 2 is 1.75 bits per heavy atom. The van der Waals surface area contributed by atoms with Crippen LogP contribution < -0.4 is 5.73 Å². The summed E-state index contributed by atoms with van der Waals surface area (Å²) in [6, 6.07) is 0.654. The molecule has 0 bridgehead atoms. The Labute approximate surface area is 101 Å². The normalized spacial score (nSPS) is 17.8. The van der Waals surface area contributed by atoms with Gasteiger partial charge in [-0.05, 0) is 32.2 Å². The minimum Gasteiger partial charge on any atom is -0.395 e. The van der Waals surface area contributed by atoms with Gasteiger partial charge in [-0.15, -0.1) is 0 Å². The van der Waals surface area contributed by atoms with E-state index >= 15 is 0 Å². The maximum atomic E-state index is 9.53. The highest BCUT2D eigenvalue weighted by atomic mass is 16.3. The largest absolute Gasteiger partial charge is 0.395 e. The lowest BCUT2D eigenvalue weighted by atomic mass is 9.96. The van der Waals surface area contributed by atoms with Gasteiger partial charge in [-0.25, -0.2) is 0 Å². The Morgan fingerprint density at radius 1 is 1.19 bits per heavy atom. The highest BCUT2D eigenvalue weighted by Crippen LogP contribution is 2.15. The number of aliphatic hydroxyl groups excluding tert-OH is 1. The summed E-state index contributed by atoms with van der Waals surface area (Å²) in [5, 5.41) is 9.53. The van der Waals surface area contributed by atoms with Crippen LogP contribution in [0.5, 0.6) is 0 Å². The van der Waals surface area contributed by atoms with Gasteiger partial charge >= 0.3 is 0 Å². The van der Waals surface area contributed by atoms with Crippen molar-refractivity contribution in [3.05, 3.63) is 0 Å². The van der Waals surface area contributed by atoms with E-state index in [0.29, 0.717) is 12.0 Å². The topological polar surface area (TPSA) is 49.5 Å². The summed E-state index contributed by atoms with van der Waals surface area (Å²) >= 11 is 0. The summed E-state index contributed by atoms with van der Waals surface area (Å²) in [7, 11) is 0. The molecule has 0 heterocycles. The number of hydrogen-bond acceptors (Lipinski definition) is 3. The van der Waals surface area contributed by atoms with Gasteiger partial charge in [0.25, 0.3) is 0 Å². The number of likely N-dealkylation sites (N-methyl/N-ethyl adjacent to an activating group) is 1. The molecule has 0 amide bonds. The van der Waals surface area contributed by atoms with Gasteiger partial charge in [0.2, 0.25) is 0 Å². The molecule has 0 spiro atoms. The van der Waals surface area contributed by atoms with Crippen molar-refractivity contribution in [1.29, 1.82) is 0 Å². The van der Waals surface area contributed by atoms with Gasteiger partial charge in [-0.1, -0.05) is 27.7 Å². The molecule has 16 heavy (non-hydrogen) atoms. The van der Waals surface area contributed by atoms with E-state index in [4.69, 9.17) is 5.73 Å². The minimum atomic E-state index is 0.0685. The van der Waals surface area contributed by atoms with Gasteiger partial charge in [0.1, 0.15) is 0 Å². The van der Waals surface area contributed by atoms with Gasteiger partial charge in [-0.3, -0.25) is 4.90 Å². The number of aliphatic hydroxyl groups is 1. The molecular formula is C13H30N2O. The first-order valence-electron chi connectivity index (χ1n) is 6.59. The molecule has 0 aromatic heterocycles. The third-order valence-corrected chi connectivity index (χ3v) is 3.37. The molecule has 98 valence electrons. The van der Waals surface area contributed by atoms with Gasteiger partial charge in [0.05, 0.1) is 6.61 Å². The lowest BCUT2D eigenvalue weighted by Gasteiger charge is -2.38. The summed E-state index contributed by atoms with van der Waals surface area (Å²) in [4.78, 5) is 2.33. The fraction of sp³-hybridized carbons (Fsp3) is 1.00. The monoisotopic (exact) mass is 230 g/mol. The standard InChI is InChI=1S/C13H30N2O/c1-6-11(5)15(7-2)13(9-16)12(14)8-10(3)4/h10-13,16H,6-9,14H2,1-5H3. The quantitative estimate of drug-likeness (QED) is 0.669. The fourth-order valence-electron chi connectivity index (χ4n) is 2.30. The lowest BCUT2D eigenvalue weighted by Crippen LogP contribution is -2.53.